The summed E-state index contributed by atoms with van der Waals surface area (Å²) in [6.07, 6.45) is -3.23. The predicted octanol–water partition coefficient (Wildman–Crippen LogP) is 8.98. The number of benzene rings is 2. The zero-order valence-corrected chi connectivity index (χ0v) is 21.4. The molecule has 39 heavy (non-hydrogen) atoms. The number of carbonyl (C=O) groups is 1. The van der Waals surface area contributed by atoms with Gasteiger partial charge < -0.3 is 9.47 Å². The Labute approximate surface area is 223 Å². The van der Waals surface area contributed by atoms with Crippen molar-refractivity contribution in [2.75, 3.05) is 13.2 Å². The van der Waals surface area contributed by atoms with Gasteiger partial charge in [0, 0.05) is 5.57 Å². The molecule has 0 fully saturated rings. The molecule has 2 rings (SSSR count). The highest BCUT2D eigenvalue weighted by atomic mass is 19.4. The topological polar surface area (TPSA) is 39.9 Å². The van der Waals surface area contributed by atoms with Crippen molar-refractivity contribution in [2.45, 2.75) is 57.8 Å². The van der Waals surface area contributed by atoms with Gasteiger partial charge in [-0.15, -0.1) is 0 Å². The van der Waals surface area contributed by atoms with Gasteiger partial charge in [0.15, 0.2) is 5.70 Å². The lowest BCUT2D eigenvalue weighted by Crippen LogP contribution is -2.11. The smallest absolute Gasteiger partial charge is 0.416 e. The normalized spacial score (nSPS) is 12.1. The summed E-state index contributed by atoms with van der Waals surface area (Å²) >= 11 is 0. The number of hydrogen-bond donors (Lipinski definition) is 0. The molecular weight excluding hydrogens is 524 g/mol. The first-order valence-electron chi connectivity index (χ1n) is 12.3. The molecule has 0 aromatic heterocycles. The van der Waals surface area contributed by atoms with Crippen LogP contribution in [0.15, 0.2) is 54.6 Å². The van der Waals surface area contributed by atoms with Gasteiger partial charge >= 0.3 is 18.3 Å². The Balaban J connectivity index is 1.88. The number of alkyl halides is 6. The van der Waals surface area contributed by atoms with E-state index in [1.54, 1.807) is 31.2 Å². The second-order valence-electron chi connectivity index (χ2n) is 8.89. The zero-order chi connectivity index (χ0) is 29.1. The average Bonchev–Trinajstić information content (AvgIpc) is 2.87. The molecular formula is C29H29F6NO3. The van der Waals surface area contributed by atoms with E-state index in [2.05, 4.69) is 11.4 Å². The van der Waals surface area contributed by atoms with E-state index in [0.29, 0.717) is 42.2 Å². The second kappa shape index (κ2) is 14.4. The molecule has 0 bridgehead atoms. The standard InChI is InChI=1S/C29H29F6NO3/c1-20(2)27(37)39-15-9-7-5-4-6-8-14-38-25-12-10-21(11-13-25)16-26(36-3)22-17-23(28(30,31)32)19-24(18-22)29(33,34)35/h10-13,16-19H,1,4-9,14-15H2,2H3/b26-16-. The summed E-state index contributed by atoms with van der Waals surface area (Å²) in [5.74, 6) is 0.174. The zero-order valence-electron chi connectivity index (χ0n) is 21.4. The molecule has 0 aliphatic rings. The van der Waals surface area contributed by atoms with Gasteiger partial charge in [0.05, 0.1) is 30.9 Å². The number of rotatable bonds is 13. The van der Waals surface area contributed by atoms with E-state index in [4.69, 9.17) is 16.0 Å². The van der Waals surface area contributed by atoms with Crippen LogP contribution in [-0.2, 0) is 21.9 Å². The van der Waals surface area contributed by atoms with Crippen molar-refractivity contribution in [1.29, 1.82) is 0 Å². The van der Waals surface area contributed by atoms with Crippen molar-refractivity contribution in [3.63, 3.8) is 0 Å². The summed E-state index contributed by atoms with van der Waals surface area (Å²) in [5.41, 5.74) is -2.97. The Kier molecular flexibility index (Phi) is 11.6. The minimum absolute atomic E-state index is 0.0295. The summed E-state index contributed by atoms with van der Waals surface area (Å²) in [4.78, 5) is 14.4. The maximum absolute atomic E-state index is 13.2. The van der Waals surface area contributed by atoms with Gasteiger partial charge in [-0.25, -0.2) is 9.64 Å². The molecule has 0 atom stereocenters. The number of carbonyl (C=O) groups excluding carboxylic acids is 1. The lowest BCUT2D eigenvalue weighted by Gasteiger charge is -2.14. The van der Waals surface area contributed by atoms with E-state index in [-0.39, 0.29) is 17.7 Å². The van der Waals surface area contributed by atoms with Crippen LogP contribution in [0.3, 0.4) is 0 Å². The average molecular weight is 554 g/mol. The fourth-order valence-electron chi connectivity index (χ4n) is 3.49. The molecule has 0 aliphatic heterocycles. The molecule has 210 valence electrons. The van der Waals surface area contributed by atoms with E-state index >= 15 is 0 Å². The minimum atomic E-state index is -5.00. The summed E-state index contributed by atoms with van der Waals surface area (Å²) in [6, 6.07) is 7.48. The number of nitrogens with zero attached hydrogens (tertiary/aromatic N) is 1. The minimum Gasteiger partial charge on any atom is -0.494 e. The number of unbranched alkanes of at least 4 members (excludes halogenated alkanes) is 5. The summed E-state index contributed by atoms with van der Waals surface area (Å²) in [6.45, 7) is 13.3. The summed E-state index contributed by atoms with van der Waals surface area (Å²) in [5, 5.41) is 0. The highest BCUT2D eigenvalue weighted by Gasteiger charge is 2.37. The lowest BCUT2D eigenvalue weighted by atomic mass is 10.0. The Morgan fingerprint density at radius 3 is 1.87 bits per heavy atom. The third-order valence-electron chi connectivity index (χ3n) is 5.58. The molecule has 0 unspecified atom stereocenters. The van der Waals surface area contributed by atoms with Crippen molar-refractivity contribution >= 4 is 17.7 Å². The van der Waals surface area contributed by atoms with Crippen LogP contribution >= 0.6 is 0 Å². The molecule has 0 radical (unpaired) electrons. The summed E-state index contributed by atoms with van der Waals surface area (Å²) < 4.78 is 89.7. The molecule has 4 nitrogen and oxygen atoms in total. The molecule has 0 amide bonds. The van der Waals surface area contributed by atoms with Crippen molar-refractivity contribution in [1.82, 2.24) is 0 Å². The Morgan fingerprint density at radius 2 is 1.38 bits per heavy atom. The van der Waals surface area contributed by atoms with Crippen LogP contribution in [0.5, 0.6) is 5.75 Å². The van der Waals surface area contributed by atoms with E-state index in [1.165, 1.54) is 6.08 Å². The van der Waals surface area contributed by atoms with Gasteiger partial charge in [-0.05, 0) is 55.2 Å². The van der Waals surface area contributed by atoms with E-state index in [0.717, 1.165) is 38.5 Å². The molecule has 2 aromatic carbocycles. The van der Waals surface area contributed by atoms with Crippen LogP contribution in [0.1, 0.15) is 67.7 Å². The molecule has 0 spiro atoms. The first-order chi connectivity index (χ1) is 18.3. The van der Waals surface area contributed by atoms with Crippen LogP contribution in [-0.4, -0.2) is 19.2 Å². The van der Waals surface area contributed by atoms with Gasteiger partial charge in [0.25, 0.3) is 0 Å². The summed E-state index contributed by atoms with van der Waals surface area (Å²) in [7, 11) is 0. The van der Waals surface area contributed by atoms with Crippen LogP contribution < -0.4 is 4.74 Å². The monoisotopic (exact) mass is 553 g/mol. The van der Waals surface area contributed by atoms with Crippen molar-refractivity contribution in [3.05, 3.63) is 88.3 Å². The Morgan fingerprint density at radius 1 is 0.872 bits per heavy atom. The Bertz CT molecular complexity index is 1160. The third-order valence-corrected chi connectivity index (χ3v) is 5.58. The lowest BCUT2D eigenvalue weighted by molar-refractivity contribution is -0.143. The number of halogens is 6. The van der Waals surface area contributed by atoms with Crippen molar-refractivity contribution in [2.24, 2.45) is 0 Å². The van der Waals surface area contributed by atoms with Crippen LogP contribution in [0, 0.1) is 6.57 Å². The maximum atomic E-state index is 13.2. The first kappa shape index (κ1) is 31.5. The predicted molar refractivity (Wildman–Crippen MR) is 136 cm³/mol. The van der Waals surface area contributed by atoms with Gasteiger partial charge in [0.2, 0.25) is 0 Å². The van der Waals surface area contributed by atoms with E-state index in [9.17, 15) is 31.1 Å². The molecule has 0 saturated heterocycles. The van der Waals surface area contributed by atoms with Crippen LogP contribution in [0.25, 0.3) is 16.6 Å². The van der Waals surface area contributed by atoms with Crippen molar-refractivity contribution in [3.8, 4) is 5.75 Å². The van der Waals surface area contributed by atoms with Gasteiger partial charge in [-0.1, -0.05) is 56.5 Å². The molecule has 2 aromatic rings. The quantitative estimate of drug-likeness (QED) is 0.0621. The number of esters is 1. The molecule has 10 heteroatoms. The van der Waals surface area contributed by atoms with Crippen LogP contribution in [0.2, 0.25) is 0 Å². The third kappa shape index (κ3) is 10.9. The second-order valence-corrected chi connectivity index (χ2v) is 8.89. The Hall–Kier alpha value is -3.74. The fourth-order valence-corrected chi connectivity index (χ4v) is 3.49. The highest BCUT2D eigenvalue weighted by molar-refractivity contribution is 5.87. The molecule has 0 N–H and O–H groups in total. The molecule has 0 heterocycles. The van der Waals surface area contributed by atoms with E-state index in [1.807, 2.05) is 0 Å². The number of hydrogen-bond acceptors (Lipinski definition) is 3. The van der Waals surface area contributed by atoms with Crippen LogP contribution in [0.4, 0.5) is 26.3 Å². The number of ether oxygens (including phenoxy) is 2. The maximum Gasteiger partial charge on any atom is 0.416 e. The highest BCUT2D eigenvalue weighted by Crippen LogP contribution is 2.38. The van der Waals surface area contributed by atoms with Gasteiger partial charge in [0.1, 0.15) is 5.75 Å². The van der Waals surface area contributed by atoms with Gasteiger partial charge in [-0.3, -0.25) is 0 Å². The molecule has 0 saturated carbocycles. The first-order valence-corrected chi connectivity index (χ1v) is 12.3. The largest absolute Gasteiger partial charge is 0.494 e. The fraction of sp³-hybridized carbons (Fsp3) is 0.379. The SMILES string of the molecule is [C-]#[N+]/C(=C\c1ccc(OCCCCCCCCOC(=O)C(=C)C)cc1)c1cc(C(F)(F)F)cc(C(F)(F)F)c1. The van der Waals surface area contributed by atoms with Gasteiger partial charge in [-0.2, -0.15) is 26.3 Å². The van der Waals surface area contributed by atoms with E-state index < -0.39 is 29.0 Å². The molecule has 0 aliphatic carbocycles. The van der Waals surface area contributed by atoms with Crippen molar-refractivity contribution < 1.29 is 40.6 Å².